The summed E-state index contributed by atoms with van der Waals surface area (Å²) in [5, 5.41) is 15.3. The molecule has 24 heavy (non-hydrogen) atoms. The highest BCUT2D eigenvalue weighted by atomic mass is 32.1. The average molecular weight is 352 g/mol. The van der Waals surface area contributed by atoms with E-state index >= 15 is 0 Å². The number of carbonyl (C=O) groups excluding carboxylic acids is 2. The third-order valence-corrected chi connectivity index (χ3v) is 5.14. The van der Waals surface area contributed by atoms with E-state index in [1.165, 1.54) is 22.7 Å². The van der Waals surface area contributed by atoms with Crippen LogP contribution in [0.2, 0.25) is 0 Å². The summed E-state index contributed by atoms with van der Waals surface area (Å²) in [6.45, 7) is 0.362. The van der Waals surface area contributed by atoms with Crippen molar-refractivity contribution < 1.29 is 9.59 Å². The van der Waals surface area contributed by atoms with Crippen LogP contribution in [0.4, 0.5) is 0 Å². The van der Waals surface area contributed by atoms with Gasteiger partial charge in [-0.15, -0.1) is 11.3 Å². The van der Waals surface area contributed by atoms with Gasteiger partial charge in [-0.1, -0.05) is 0 Å². The van der Waals surface area contributed by atoms with Gasteiger partial charge in [0.15, 0.2) is 0 Å². The predicted molar refractivity (Wildman–Crippen MR) is 94.4 cm³/mol. The van der Waals surface area contributed by atoms with Crippen LogP contribution in [0.3, 0.4) is 0 Å². The van der Waals surface area contributed by atoms with Crippen molar-refractivity contribution >= 4 is 34.4 Å². The first kappa shape index (κ1) is 16.1. The van der Waals surface area contributed by atoms with Crippen LogP contribution in [0.15, 0.2) is 53.2 Å². The van der Waals surface area contributed by atoms with Gasteiger partial charge in [0.1, 0.15) is 0 Å². The van der Waals surface area contributed by atoms with Crippen LogP contribution in [0.5, 0.6) is 0 Å². The molecule has 0 aliphatic carbocycles. The van der Waals surface area contributed by atoms with Crippen LogP contribution in [0.1, 0.15) is 36.0 Å². The van der Waals surface area contributed by atoms with Crippen molar-refractivity contribution in [1.29, 1.82) is 5.26 Å². The third-order valence-electron chi connectivity index (χ3n) is 3.37. The molecule has 6 heteroatoms. The number of nitriles is 1. The third kappa shape index (κ3) is 3.59. The summed E-state index contributed by atoms with van der Waals surface area (Å²) in [5.74, 6) is -0.204. The number of ketones is 1. The molecule has 3 rings (SSSR count). The Kier molecular flexibility index (Phi) is 4.85. The summed E-state index contributed by atoms with van der Waals surface area (Å²) in [4.78, 5) is 25.9. The lowest BCUT2D eigenvalue weighted by atomic mass is 10.1. The minimum absolute atomic E-state index is 0.00548. The zero-order valence-corrected chi connectivity index (χ0v) is 14.1. The van der Waals surface area contributed by atoms with E-state index in [0.29, 0.717) is 28.1 Å². The van der Waals surface area contributed by atoms with Gasteiger partial charge in [0.2, 0.25) is 5.78 Å². The number of rotatable bonds is 5. The van der Waals surface area contributed by atoms with Crippen LogP contribution < -0.4 is 5.32 Å². The van der Waals surface area contributed by atoms with Crippen LogP contribution in [0, 0.1) is 11.3 Å². The van der Waals surface area contributed by atoms with E-state index in [2.05, 4.69) is 5.32 Å². The number of hydrogen-bond acceptors (Lipinski definition) is 5. The van der Waals surface area contributed by atoms with E-state index in [-0.39, 0.29) is 11.7 Å². The summed E-state index contributed by atoms with van der Waals surface area (Å²) in [6.07, 6.45) is 0. The minimum Gasteiger partial charge on any atom is -0.347 e. The van der Waals surface area contributed by atoms with Gasteiger partial charge in [-0.25, -0.2) is 0 Å². The second kappa shape index (κ2) is 7.21. The van der Waals surface area contributed by atoms with Crippen molar-refractivity contribution in [3.8, 4) is 6.07 Å². The molecule has 1 N–H and O–H groups in total. The zero-order chi connectivity index (χ0) is 16.9. The van der Waals surface area contributed by atoms with Crippen LogP contribution in [-0.4, -0.2) is 11.7 Å². The SMILES string of the molecule is N#Cc1ccc(C(=O)NCc2ccc(C(=O)c3ccsc3)s2)cc1. The number of nitrogens with zero attached hydrogens (tertiary/aromatic N) is 1. The van der Waals surface area contributed by atoms with E-state index in [1.807, 2.05) is 22.9 Å². The lowest BCUT2D eigenvalue weighted by Gasteiger charge is -2.03. The van der Waals surface area contributed by atoms with Gasteiger partial charge in [-0.2, -0.15) is 16.6 Å². The number of amides is 1. The standard InChI is InChI=1S/C18H12N2O2S2/c19-9-12-1-3-13(4-2-12)18(22)20-10-15-5-6-16(24-15)17(21)14-7-8-23-11-14/h1-8,11H,10H2,(H,20,22). The van der Waals surface area contributed by atoms with Crippen molar-refractivity contribution in [2.45, 2.75) is 6.54 Å². The van der Waals surface area contributed by atoms with E-state index in [9.17, 15) is 9.59 Å². The van der Waals surface area contributed by atoms with Gasteiger partial charge in [0.25, 0.3) is 5.91 Å². The molecule has 0 bridgehead atoms. The fourth-order valence-electron chi connectivity index (χ4n) is 2.10. The maximum atomic E-state index is 12.2. The average Bonchev–Trinajstić information content (AvgIpc) is 3.31. The molecule has 0 unspecified atom stereocenters. The number of thiophene rings is 2. The molecule has 0 saturated carbocycles. The van der Waals surface area contributed by atoms with Crippen molar-refractivity contribution in [2.24, 2.45) is 0 Å². The molecule has 2 heterocycles. The smallest absolute Gasteiger partial charge is 0.251 e. The van der Waals surface area contributed by atoms with Crippen LogP contribution in [-0.2, 0) is 6.54 Å². The van der Waals surface area contributed by atoms with Gasteiger partial charge in [-0.3, -0.25) is 9.59 Å². The summed E-state index contributed by atoms with van der Waals surface area (Å²) >= 11 is 2.87. The second-order valence-corrected chi connectivity index (χ2v) is 6.93. The highest BCUT2D eigenvalue weighted by molar-refractivity contribution is 7.14. The first-order valence-electron chi connectivity index (χ1n) is 7.11. The van der Waals surface area contributed by atoms with Crippen molar-refractivity contribution in [3.05, 3.63) is 79.7 Å². The van der Waals surface area contributed by atoms with E-state index in [1.54, 1.807) is 36.4 Å². The maximum Gasteiger partial charge on any atom is 0.251 e. The predicted octanol–water partition coefficient (Wildman–Crippen LogP) is 3.84. The molecule has 2 aromatic heterocycles. The molecule has 0 saturated heterocycles. The van der Waals surface area contributed by atoms with Gasteiger partial charge in [0.05, 0.1) is 23.1 Å². The Morgan fingerprint density at radius 3 is 2.50 bits per heavy atom. The fourth-order valence-corrected chi connectivity index (χ4v) is 3.64. The fraction of sp³-hybridized carbons (Fsp3) is 0.0556. The Hall–Kier alpha value is -2.75. The summed E-state index contributed by atoms with van der Waals surface area (Å²) in [6, 6.07) is 13.9. The van der Waals surface area contributed by atoms with Crippen molar-refractivity contribution in [1.82, 2.24) is 5.32 Å². The molecule has 0 spiro atoms. The molecular formula is C18H12N2O2S2. The molecule has 118 valence electrons. The lowest BCUT2D eigenvalue weighted by molar-refractivity contribution is 0.0950. The summed E-state index contributed by atoms with van der Waals surface area (Å²) in [5.41, 5.74) is 1.71. The number of benzene rings is 1. The topological polar surface area (TPSA) is 70.0 Å². The summed E-state index contributed by atoms with van der Waals surface area (Å²) < 4.78 is 0. The molecule has 4 nitrogen and oxygen atoms in total. The van der Waals surface area contributed by atoms with E-state index in [4.69, 9.17) is 5.26 Å². The van der Waals surface area contributed by atoms with Crippen LogP contribution in [0.25, 0.3) is 0 Å². The molecule has 0 aliphatic heterocycles. The summed E-state index contributed by atoms with van der Waals surface area (Å²) in [7, 11) is 0. The minimum atomic E-state index is -0.210. The molecule has 0 atom stereocenters. The quantitative estimate of drug-likeness (QED) is 0.709. The Labute approximate surface area is 147 Å². The molecular weight excluding hydrogens is 340 g/mol. The Balaban J connectivity index is 1.62. The normalized spacial score (nSPS) is 10.1. The Morgan fingerprint density at radius 1 is 1.04 bits per heavy atom. The van der Waals surface area contributed by atoms with Crippen molar-refractivity contribution in [3.63, 3.8) is 0 Å². The Morgan fingerprint density at radius 2 is 1.83 bits per heavy atom. The second-order valence-electron chi connectivity index (χ2n) is 4.98. The highest BCUT2D eigenvalue weighted by Gasteiger charge is 2.13. The molecule has 0 fully saturated rings. The van der Waals surface area contributed by atoms with E-state index < -0.39 is 0 Å². The number of carbonyl (C=O) groups is 2. The molecule has 1 amide bonds. The largest absolute Gasteiger partial charge is 0.347 e. The molecule has 3 aromatic rings. The van der Waals surface area contributed by atoms with Gasteiger partial charge in [-0.05, 0) is 47.8 Å². The molecule has 0 aliphatic rings. The number of nitrogens with one attached hydrogen (secondary N) is 1. The number of hydrogen-bond donors (Lipinski definition) is 1. The van der Waals surface area contributed by atoms with Crippen LogP contribution >= 0.6 is 22.7 Å². The first-order valence-corrected chi connectivity index (χ1v) is 8.87. The lowest BCUT2D eigenvalue weighted by Crippen LogP contribution is -2.22. The first-order chi connectivity index (χ1) is 11.7. The monoisotopic (exact) mass is 352 g/mol. The van der Waals surface area contributed by atoms with Gasteiger partial charge < -0.3 is 5.32 Å². The zero-order valence-electron chi connectivity index (χ0n) is 12.5. The molecule has 1 aromatic carbocycles. The molecule has 0 radical (unpaired) electrons. The Bertz CT molecular complexity index is 903. The van der Waals surface area contributed by atoms with Gasteiger partial charge in [0, 0.05) is 21.4 Å². The maximum absolute atomic E-state index is 12.2. The van der Waals surface area contributed by atoms with Gasteiger partial charge >= 0.3 is 0 Å². The van der Waals surface area contributed by atoms with Crippen molar-refractivity contribution in [2.75, 3.05) is 0 Å². The highest BCUT2D eigenvalue weighted by Crippen LogP contribution is 2.21. The van der Waals surface area contributed by atoms with E-state index in [0.717, 1.165) is 4.88 Å².